The molecule has 0 aliphatic carbocycles. The zero-order valence-electron chi connectivity index (χ0n) is 12.4. The Morgan fingerprint density at radius 2 is 2.27 bits per heavy atom. The second kappa shape index (κ2) is 5.81. The summed E-state index contributed by atoms with van der Waals surface area (Å²) in [6, 6.07) is 5.13. The number of urea groups is 1. The van der Waals surface area contributed by atoms with Gasteiger partial charge in [-0.3, -0.25) is 4.79 Å². The molecule has 116 valence electrons. The summed E-state index contributed by atoms with van der Waals surface area (Å²) in [7, 11) is 0. The third-order valence-corrected chi connectivity index (χ3v) is 4.05. The van der Waals surface area contributed by atoms with E-state index in [1.54, 1.807) is 6.07 Å². The van der Waals surface area contributed by atoms with Gasteiger partial charge in [0, 0.05) is 24.7 Å². The molecule has 1 fully saturated rings. The van der Waals surface area contributed by atoms with Crippen LogP contribution in [0.3, 0.4) is 0 Å². The van der Waals surface area contributed by atoms with Crippen molar-refractivity contribution in [2.45, 2.75) is 25.9 Å². The molecule has 1 aromatic carbocycles. The van der Waals surface area contributed by atoms with E-state index in [-0.39, 0.29) is 17.1 Å². The Hall–Kier alpha value is -2.34. The number of β-amino-alcohol motifs (C(OH)–C–C–N with tert-alkyl or cyclic N) is 1. The number of aromatic amines is 1. The molecule has 0 bridgehead atoms. The minimum atomic E-state index is -0.489. The van der Waals surface area contributed by atoms with Gasteiger partial charge in [-0.1, -0.05) is 12.1 Å². The highest BCUT2D eigenvalue weighted by atomic mass is 16.3. The minimum Gasteiger partial charge on any atom is -0.391 e. The SMILES string of the molecule is Cc1cccc2c(=O)c(NC(=O)N3CCCC(O)C3)c[nH]c12. The van der Waals surface area contributed by atoms with Crippen molar-refractivity contribution in [2.75, 3.05) is 18.4 Å². The first-order chi connectivity index (χ1) is 10.6. The quantitative estimate of drug-likeness (QED) is 0.751. The van der Waals surface area contributed by atoms with Gasteiger partial charge in [-0.2, -0.15) is 0 Å². The normalized spacial score (nSPS) is 18.5. The Kier molecular flexibility index (Phi) is 3.85. The van der Waals surface area contributed by atoms with Crippen LogP contribution in [0.15, 0.2) is 29.2 Å². The van der Waals surface area contributed by atoms with Gasteiger partial charge in [-0.25, -0.2) is 4.79 Å². The van der Waals surface area contributed by atoms with Crippen LogP contribution in [0.25, 0.3) is 10.9 Å². The number of amides is 2. The molecule has 3 rings (SSSR count). The van der Waals surface area contributed by atoms with Crippen molar-refractivity contribution in [2.24, 2.45) is 0 Å². The van der Waals surface area contributed by atoms with Gasteiger partial charge in [-0.15, -0.1) is 0 Å². The van der Waals surface area contributed by atoms with E-state index in [2.05, 4.69) is 10.3 Å². The van der Waals surface area contributed by atoms with Gasteiger partial charge in [0.15, 0.2) is 0 Å². The second-order valence-corrected chi connectivity index (χ2v) is 5.70. The van der Waals surface area contributed by atoms with Crippen molar-refractivity contribution in [3.8, 4) is 0 Å². The molecule has 2 amide bonds. The number of carbonyl (C=O) groups excluding carboxylic acids is 1. The Morgan fingerprint density at radius 1 is 1.45 bits per heavy atom. The number of rotatable bonds is 1. The highest BCUT2D eigenvalue weighted by Gasteiger charge is 2.22. The predicted molar refractivity (Wildman–Crippen MR) is 85.1 cm³/mol. The number of para-hydroxylation sites is 1. The number of aromatic nitrogens is 1. The summed E-state index contributed by atoms with van der Waals surface area (Å²) in [6.45, 7) is 2.82. The number of H-pyrrole nitrogens is 1. The van der Waals surface area contributed by atoms with Crippen LogP contribution in [0, 0.1) is 6.92 Å². The van der Waals surface area contributed by atoms with Gasteiger partial charge < -0.3 is 20.3 Å². The van der Waals surface area contributed by atoms with Crippen LogP contribution in [0.5, 0.6) is 0 Å². The van der Waals surface area contributed by atoms with E-state index in [0.717, 1.165) is 17.5 Å². The van der Waals surface area contributed by atoms with Gasteiger partial charge in [0.25, 0.3) is 0 Å². The highest BCUT2D eigenvalue weighted by molar-refractivity contribution is 5.92. The Balaban J connectivity index is 1.86. The number of aryl methyl sites for hydroxylation is 1. The van der Waals surface area contributed by atoms with E-state index in [1.165, 1.54) is 11.1 Å². The fraction of sp³-hybridized carbons (Fsp3) is 0.375. The molecule has 0 spiro atoms. The molecule has 22 heavy (non-hydrogen) atoms. The molecular formula is C16H19N3O3. The van der Waals surface area contributed by atoms with Crippen molar-refractivity contribution in [3.63, 3.8) is 0 Å². The molecule has 1 unspecified atom stereocenters. The number of anilines is 1. The summed E-state index contributed by atoms with van der Waals surface area (Å²) < 4.78 is 0. The zero-order valence-corrected chi connectivity index (χ0v) is 12.4. The number of nitrogens with zero attached hydrogens (tertiary/aromatic N) is 1. The lowest BCUT2D eigenvalue weighted by Crippen LogP contribution is -2.44. The van der Waals surface area contributed by atoms with Crippen molar-refractivity contribution in [3.05, 3.63) is 40.2 Å². The number of nitrogens with one attached hydrogen (secondary N) is 2. The number of aliphatic hydroxyl groups is 1. The number of pyridine rings is 1. The first kappa shape index (κ1) is 14.6. The highest BCUT2D eigenvalue weighted by Crippen LogP contribution is 2.15. The maximum atomic E-state index is 12.5. The molecule has 3 N–H and O–H groups in total. The smallest absolute Gasteiger partial charge is 0.322 e. The van der Waals surface area contributed by atoms with E-state index in [9.17, 15) is 14.7 Å². The van der Waals surface area contributed by atoms with E-state index in [4.69, 9.17) is 0 Å². The molecule has 1 aliphatic heterocycles. The first-order valence-corrected chi connectivity index (χ1v) is 7.41. The maximum Gasteiger partial charge on any atom is 0.322 e. The number of benzene rings is 1. The molecule has 2 aromatic rings. The summed E-state index contributed by atoms with van der Waals surface area (Å²) in [5, 5.41) is 12.8. The lowest BCUT2D eigenvalue weighted by molar-refractivity contribution is 0.0883. The lowest BCUT2D eigenvalue weighted by Gasteiger charge is -2.30. The zero-order chi connectivity index (χ0) is 15.7. The molecule has 0 saturated carbocycles. The van der Waals surface area contributed by atoms with E-state index in [1.807, 2.05) is 19.1 Å². The molecule has 1 saturated heterocycles. The second-order valence-electron chi connectivity index (χ2n) is 5.70. The van der Waals surface area contributed by atoms with Gasteiger partial charge >= 0.3 is 6.03 Å². The van der Waals surface area contributed by atoms with Crippen LogP contribution < -0.4 is 10.7 Å². The Morgan fingerprint density at radius 3 is 3.05 bits per heavy atom. The summed E-state index contributed by atoms with van der Waals surface area (Å²) in [4.78, 5) is 29.3. The molecule has 6 nitrogen and oxygen atoms in total. The van der Waals surface area contributed by atoms with Crippen molar-refractivity contribution >= 4 is 22.6 Å². The van der Waals surface area contributed by atoms with Crippen LogP contribution in [0.4, 0.5) is 10.5 Å². The first-order valence-electron chi connectivity index (χ1n) is 7.41. The molecule has 1 aliphatic rings. The third-order valence-electron chi connectivity index (χ3n) is 4.05. The average Bonchev–Trinajstić information content (AvgIpc) is 2.50. The number of piperidine rings is 1. The van der Waals surface area contributed by atoms with Gasteiger partial charge in [-0.05, 0) is 31.4 Å². The Bertz CT molecular complexity index is 769. The number of fused-ring (bicyclic) bond motifs is 1. The number of hydrogen-bond acceptors (Lipinski definition) is 3. The van der Waals surface area contributed by atoms with Crippen molar-refractivity contribution in [1.29, 1.82) is 0 Å². The van der Waals surface area contributed by atoms with E-state index in [0.29, 0.717) is 24.9 Å². The third kappa shape index (κ3) is 2.69. The molecule has 1 aromatic heterocycles. The molecular weight excluding hydrogens is 282 g/mol. The van der Waals surface area contributed by atoms with Crippen LogP contribution in [-0.4, -0.2) is 40.2 Å². The van der Waals surface area contributed by atoms with Crippen molar-refractivity contribution < 1.29 is 9.90 Å². The standard InChI is InChI=1S/C16H19N3O3/c1-10-4-2-6-12-14(10)17-8-13(15(12)21)18-16(22)19-7-3-5-11(20)9-19/h2,4,6,8,11,20H,3,5,7,9H2,1H3,(H,17,21)(H,18,22). The molecule has 6 heteroatoms. The lowest BCUT2D eigenvalue weighted by atomic mass is 10.1. The monoisotopic (exact) mass is 301 g/mol. The fourth-order valence-corrected chi connectivity index (χ4v) is 2.83. The van der Waals surface area contributed by atoms with Gasteiger partial charge in [0.2, 0.25) is 5.43 Å². The van der Waals surface area contributed by atoms with Crippen molar-refractivity contribution in [1.82, 2.24) is 9.88 Å². The summed E-state index contributed by atoms with van der Waals surface area (Å²) in [5.41, 5.74) is 1.78. The number of likely N-dealkylation sites (tertiary alicyclic amines) is 1. The summed E-state index contributed by atoms with van der Waals surface area (Å²) in [6.07, 6.45) is 2.51. The van der Waals surface area contributed by atoms with E-state index < -0.39 is 6.10 Å². The Labute approximate surface area is 127 Å². The van der Waals surface area contributed by atoms with Gasteiger partial charge in [0.1, 0.15) is 5.69 Å². The minimum absolute atomic E-state index is 0.205. The molecule has 2 heterocycles. The summed E-state index contributed by atoms with van der Waals surface area (Å²) in [5.74, 6) is 0. The fourth-order valence-electron chi connectivity index (χ4n) is 2.83. The summed E-state index contributed by atoms with van der Waals surface area (Å²) >= 11 is 0. The van der Waals surface area contributed by atoms with Crippen LogP contribution >= 0.6 is 0 Å². The largest absolute Gasteiger partial charge is 0.391 e. The number of aliphatic hydroxyl groups excluding tert-OH is 1. The topological polar surface area (TPSA) is 85.4 Å². The van der Waals surface area contributed by atoms with Crippen LogP contribution in [-0.2, 0) is 0 Å². The maximum absolute atomic E-state index is 12.5. The average molecular weight is 301 g/mol. The van der Waals surface area contributed by atoms with Crippen LogP contribution in [0.2, 0.25) is 0 Å². The van der Waals surface area contributed by atoms with Gasteiger partial charge in [0.05, 0.1) is 11.6 Å². The predicted octanol–water partition coefficient (Wildman–Crippen LogP) is 1.83. The number of carbonyl (C=O) groups is 1. The molecule has 1 atom stereocenters. The number of hydrogen-bond donors (Lipinski definition) is 3. The molecule has 0 radical (unpaired) electrons. The van der Waals surface area contributed by atoms with E-state index >= 15 is 0 Å². The van der Waals surface area contributed by atoms with Crippen LogP contribution in [0.1, 0.15) is 18.4 Å².